The predicted molar refractivity (Wildman–Crippen MR) is 40.6 cm³/mol. The first-order valence-electron chi connectivity index (χ1n) is 3.89. The Hall–Kier alpha value is -1.06. The molecule has 1 fully saturated rings. The maximum atomic E-state index is 10.8. The summed E-state index contributed by atoms with van der Waals surface area (Å²) < 4.78 is 0. The van der Waals surface area contributed by atoms with Crippen molar-refractivity contribution in [3.63, 3.8) is 0 Å². The number of carboxylic acids is 2. The maximum absolute atomic E-state index is 10.8. The van der Waals surface area contributed by atoms with Gasteiger partial charge in [0, 0.05) is 0 Å². The van der Waals surface area contributed by atoms with E-state index in [0.29, 0.717) is 0 Å². The third-order valence-electron chi connectivity index (χ3n) is 2.73. The predicted octanol–water partition coefficient (Wildman–Crippen LogP) is 0.818. The molecule has 0 heterocycles. The molecule has 0 bridgehead atoms. The molecule has 12 heavy (non-hydrogen) atoms. The van der Waals surface area contributed by atoms with Crippen LogP contribution in [0.2, 0.25) is 0 Å². The Labute approximate surface area is 70.2 Å². The molecular weight excluding hydrogens is 160 g/mol. The van der Waals surface area contributed by atoms with Crippen LogP contribution >= 0.6 is 0 Å². The molecule has 1 aliphatic carbocycles. The zero-order chi connectivity index (χ0) is 9.52. The van der Waals surface area contributed by atoms with Crippen LogP contribution in [0.15, 0.2) is 0 Å². The van der Waals surface area contributed by atoms with Crippen LogP contribution in [-0.2, 0) is 9.59 Å². The first-order chi connectivity index (χ1) is 5.43. The lowest BCUT2D eigenvalue weighted by atomic mass is 9.90. The van der Waals surface area contributed by atoms with E-state index < -0.39 is 23.3 Å². The highest BCUT2D eigenvalue weighted by atomic mass is 16.4. The molecule has 0 amide bonds. The third-order valence-corrected chi connectivity index (χ3v) is 2.73. The smallest absolute Gasteiger partial charge is 0.310 e. The van der Waals surface area contributed by atoms with E-state index >= 15 is 0 Å². The van der Waals surface area contributed by atoms with Crippen molar-refractivity contribution in [3.8, 4) is 0 Å². The highest BCUT2D eigenvalue weighted by Crippen LogP contribution is 2.58. The van der Waals surface area contributed by atoms with Gasteiger partial charge in [-0.3, -0.25) is 9.59 Å². The van der Waals surface area contributed by atoms with Crippen LogP contribution in [0.3, 0.4) is 0 Å². The molecule has 4 heteroatoms. The molecule has 0 aromatic heterocycles. The third kappa shape index (κ3) is 0.983. The van der Waals surface area contributed by atoms with Crippen molar-refractivity contribution in [3.05, 3.63) is 0 Å². The Bertz CT molecular complexity index is 233. The lowest BCUT2D eigenvalue weighted by Gasteiger charge is -2.14. The first-order valence-corrected chi connectivity index (χ1v) is 3.89. The quantitative estimate of drug-likeness (QED) is 0.660. The van der Waals surface area contributed by atoms with Crippen LogP contribution in [0.25, 0.3) is 0 Å². The van der Waals surface area contributed by atoms with Crippen LogP contribution in [0, 0.1) is 17.3 Å². The van der Waals surface area contributed by atoms with Crippen LogP contribution in [0.4, 0.5) is 0 Å². The minimum Gasteiger partial charge on any atom is -0.481 e. The highest BCUT2D eigenvalue weighted by molar-refractivity contribution is 5.89. The summed E-state index contributed by atoms with van der Waals surface area (Å²) in [6.45, 7) is 3.49. The Morgan fingerprint density at radius 1 is 1.42 bits per heavy atom. The molecule has 0 aromatic rings. The van der Waals surface area contributed by atoms with Crippen LogP contribution in [0.1, 0.15) is 20.3 Å². The molecule has 4 nitrogen and oxygen atoms in total. The molecular formula is C8H12O4. The van der Waals surface area contributed by atoms with Crippen molar-refractivity contribution in [1.82, 2.24) is 0 Å². The summed E-state index contributed by atoms with van der Waals surface area (Å²) in [6.07, 6.45) is 0.273. The summed E-state index contributed by atoms with van der Waals surface area (Å²) in [7, 11) is 0. The van der Waals surface area contributed by atoms with Gasteiger partial charge in [0.2, 0.25) is 0 Å². The Balaban J connectivity index is 2.83. The van der Waals surface area contributed by atoms with Crippen LogP contribution in [-0.4, -0.2) is 22.2 Å². The van der Waals surface area contributed by atoms with Gasteiger partial charge in [0.25, 0.3) is 0 Å². The lowest BCUT2D eigenvalue weighted by molar-refractivity contribution is -0.150. The average molecular weight is 172 g/mol. The van der Waals surface area contributed by atoms with E-state index in [-0.39, 0.29) is 12.3 Å². The monoisotopic (exact) mass is 172 g/mol. The number of rotatable bonds is 3. The lowest BCUT2D eigenvalue weighted by Crippen LogP contribution is -2.26. The van der Waals surface area contributed by atoms with Gasteiger partial charge in [0.15, 0.2) is 0 Å². The molecule has 0 spiro atoms. The molecule has 2 atom stereocenters. The minimum absolute atomic E-state index is 0.115. The van der Waals surface area contributed by atoms with Gasteiger partial charge in [0.1, 0.15) is 0 Å². The minimum atomic E-state index is -0.994. The van der Waals surface area contributed by atoms with Crippen molar-refractivity contribution < 1.29 is 19.8 Å². The van der Waals surface area contributed by atoms with Crippen molar-refractivity contribution in [2.24, 2.45) is 17.3 Å². The molecule has 0 aliphatic heterocycles. The van der Waals surface area contributed by atoms with Crippen LogP contribution in [0.5, 0.6) is 0 Å². The molecule has 2 N–H and O–H groups in total. The molecule has 0 radical (unpaired) electrons. The second kappa shape index (κ2) is 2.47. The Morgan fingerprint density at radius 2 is 1.92 bits per heavy atom. The van der Waals surface area contributed by atoms with Crippen molar-refractivity contribution >= 4 is 11.9 Å². The fraction of sp³-hybridized carbons (Fsp3) is 0.750. The van der Waals surface area contributed by atoms with E-state index in [1.165, 1.54) is 0 Å². The van der Waals surface area contributed by atoms with Crippen molar-refractivity contribution in [2.45, 2.75) is 20.3 Å². The summed E-state index contributed by atoms with van der Waals surface area (Å²) >= 11 is 0. The topological polar surface area (TPSA) is 74.6 Å². The van der Waals surface area contributed by atoms with Crippen molar-refractivity contribution in [2.75, 3.05) is 0 Å². The molecule has 68 valence electrons. The number of aliphatic carboxylic acids is 2. The van der Waals surface area contributed by atoms with Gasteiger partial charge in [-0.2, -0.15) is 0 Å². The number of hydrogen-bond donors (Lipinski definition) is 2. The van der Waals surface area contributed by atoms with Gasteiger partial charge in [0.05, 0.1) is 11.3 Å². The normalized spacial score (nSPS) is 33.4. The fourth-order valence-electron chi connectivity index (χ4n) is 1.71. The Kier molecular flexibility index (Phi) is 1.86. The van der Waals surface area contributed by atoms with Gasteiger partial charge < -0.3 is 10.2 Å². The molecule has 1 rings (SSSR count). The zero-order valence-corrected chi connectivity index (χ0v) is 7.07. The van der Waals surface area contributed by atoms with E-state index in [1.807, 2.05) is 0 Å². The molecule has 0 saturated heterocycles. The van der Waals surface area contributed by atoms with Gasteiger partial charge in [-0.25, -0.2) is 0 Å². The van der Waals surface area contributed by atoms with E-state index in [2.05, 4.69) is 0 Å². The average Bonchev–Trinajstić information content (AvgIpc) is 2.60. The Morgan fingerprint density at radius 3 is 2.00 bits per heavy atom. The van der Waals surface area contributed by atoms with Gasteiger partial charge in [-0.05, 0) is 12.3 Å². The van der Waals surface area contributed by atoms with Gasteiger partial charge in [-0.1, -0.05) is 13.8 Å². The van der Waals surface area contributed by atoms with Crippen LogP contribution < -0.4 is 0 Å². The fourth-order valence-corrected chi connectivity index (χ4v) is 1.71. The largest absolute Gasteiger partial charge is 0.481 e. The molecule has 0 unspecified atom stereocenters. The highest BCUT2D eigenvalue weighted by Gasteiger charge is 2.65. The number of carbonyl (C=O) groups is 2. The van der Waals surface area contributed by atoms with Gasteiger partial charge >= 0.3 is 11.9 Å². The number of hydrogen-bond acceptors (Lipinski definition) is 2. The SMILES string of the molecule is CC(C)[C@@]1(C(=O)O)C[C@@H]1C(=O)O. The van der Waals surface area contributed by atoms with Crippen molar-refractivity contribution in [1.29, 1.82) is 0 Å². The van der Waals surface area contributed by atoms with Gasteiger partial charge in [-0.15, -0.1) is 0 Å². The number of carboxylic acid groups (broad SMARTS) is 2. The maximum Gasteiger partial charge on any atom is 0.310 e. The summed E-state index contributed by atoms with van der Waals surface area (Å²) in [4.78, 5) is 21.3. The molecule has 1 saturated carbocycles. The van der Waals surface area contributed by atoms with E-state index in [0.717, 1.165) is 0 Å². The summed E-state index contributed by atoms with van der Waals surface area (Å²) in [5.41, 5.74) is -0.994. The first kappa shape index (κ1) is 9.03. The molecule has 1 aliphatic rings. The second-order valence-corrected chi connectivity index (χ2v) is 3.60. The standard InChI is InChI=1S/C8H12O4/c1-4(2)8(7(11)12)3-5(8)6(9)10/h4-5H,3H2,1-2H3,(H,9,10)(H,11,12)/t5-,8+/m1/s1. The second-order valence-electron chi connectivity index (χ2n) is 3.60. The summed E-state index contributed by atoms with van der Waals surface area (Å²) in [5, 5.41) is 17.5. The van der Waals surface area contributed by atoms with E-state index in [1.54, 1.807) is 13.8 Å². The summed E-state index contributed by atoms with van der Waals surface area (Å²) in [6, 6.07) is 0. The summed E-state index contributed by atoms with van der Waals surface area (Å²) in [5.74, 6) is -2.78. The van der Waals surface area contributed by atoms with E-state index in [4.69, 9.17) is 10.2 Å². The van der Waals surface area contributed by atoms with E-state index in [9.17, 15) is 9.59 Å². The molecule has 0 aromatic carbocycles. The zero-order valence-electron chi connectivity index (χ0n) is 7.07.